The number of benzene rings is 1. The second kappa shape index (κ2) is 11.4. The van der Waals surface area contributed by atoms with E-state index in [1.807, 2.05) is 13.8 Å². The maximum atomic E-state index is 13.4. The quantitative estimate of drug-likeness (QED) is 0.637. The molecule has 1 aliphatic heterocycles. The van der Waals surface area contributed by atoms with Gasteiger partial charge < -0.3 is 15.1 Å². The van der Waals surface area contributed by atoms with Crippen LogP contribution in [0, 0.1) is 11.7 Å². The zero-order valence-electron chi connectivity index (χ0n) is 20.0. The van der Waals surface area contributed by atoms with Crippen molar-refractivity contribution in [3.05, 3.63) is 46.9 Å². The molecule has 2 aliphatic rings. The topological polar surface area (TPSA) is 69.7 Å². The number of hydrogen-bond donors (Lipinski definition) is 1. The van der Waals surface area contributed by atoms with Gasteiger partial charge in [-0.2, -0.15) is 0 Å². The van der Waals surface area contributed by atoms with Crippen LogP contribution in [0.4, 0.5) is 4.39 Å². The Morgan fingerprint density at radius 3 is 2.33 bits per heavy atom. The summed E-state index contributed by atoms with van der Waals surface area (Å²) in [5, 5.41) is 3.10. The number of amides is 3. The van der Waals surface area contributed by atoms with Crippen molar-refractivity contribution in [1.82, 2.24) is 15.1 Å². The Hall–Kier alpha value is -2.70. The van der Waals surface area contributed by atoms with Crippen LogP contribution in [0.3, 0.4) is 0 Å². The van der Waals surface area contributed by atoms with E-state index in [0.717, 1.165) is 31.2 Å². The summed E-state index contributed by atoms with van der Waals surface area (Å²) >= 11 is 0. The Morgan fingerprint density at radius 2 is 1.73 bits per heavy atom. The summed E-state index contributed by atoms with van der Waals surface area (Å²) in [6.45, 7) is 7.03. The minimum atomic E-state index is -0.591. The minimum absolute atomic E-state index is 0.0670. The third-order valence-electron chi connectivity index (χ3n) is 6.87. The Labute approximate surface area is 196 Å². The summed E-state index contributed by atoms with van der Waals surface area (Å²) in [6, 6.07) is 6.18. The lowest BCUT2D eigenvalue weighted by Crippen LogP contribution is -2.45. The molecule has 33 heavy (non-hydrogen) atoms. The third kappa shape index (κ3) is 6.21. The van der Waals surface area contributed by atoms with Gasteiger partial charge in [0.2, 0.25) is 11.8 Å². The molecule has 1 heterocycles. The van der Waals surface area contributed by atoms with Crippen LogP contribution in [0.2, 0.25) is 0 Å². The van der Waals surface area contributed by atoms with Gasteiger partial charge in [0.15, 0.2) is 0 Å². The molecule has 3 amide bonds. The number of nitrogens with one attached hydrogen (secondary N) is 1. The lowest BCUT2D eigenvalue weighted by atomic mass is 9.87. The molecule has 1 atom stereocenters. The van der Waals surface area contributed by atoms with Gasteiger partial charge in [0.05, 0.1) is 12.5 Å². The number of nitrogens with zero attached hydrogens (tertiary/aromatic N) is 2. The van der Waals surface area contributed by atoms with E-state index in [9.17, 15) is 18.8 Å². The second-order valence-corrected chi connectivity index (χ2v) is 9.10. The molecule has 3 rings (SSSR count). The van der Waals surface area contributed by atoms with E-state index in [4.69, 9.17) is 0 Å². The van der Waals surface area contributed by atoms with E-state index >= 15 is 0 Å². The number of halogens is 1. The first-order valence-electron chi connectivity index (χ1n) is 12.2. The number of allylic oxidation sites excluding steroid dienone is 1. The highest BCUT2D eigenvalue weighted by Crippen LogP contribution is 2.32. The van der Waals surface area contributed by atoms with Gasteiger partial charge in [0.1, 0.15) is 5.82 Å². The zero-order valence-corrected chi connectivity index (χ0v) is 20.0. The van der Waals surface area contributed by atoms with E-state index in [2.05, 4.69) is 5.32 Å². The fourth-order valence-electron chi connectivity index (χ4n) is 4.86. The standard InChI is InChI=1S/C26H36FN3O3/c1-4-29(5-2)26(33)23-15-20(16-24(31)28-22-9-7-6-8-10-22)25(32)30(18(23)3)17-19-11-13-21(27)14-12-19/h11-14,20,22H,4-10,15-17H2,1-3H3,(H,28,31). The van der Waals surface area contributed by atoms with Crippen LogP contribution in [0.15, 0.2) is 35.5 Å². The molecule has 1 aromatic rings. The molecule has 0 bridgehead atoms. The summed E-state index contributed by atoms with van der Waals surface area (Å²) < 4.78 is 13.4. The van der Waals surface area contributed by atoms with Crippen LogP contribution < -0.4 is 5.32 Å². The molecule has 1 unspecified atom stereocenters. The molecule has 6 nitrogen and oxygen atoms in total. The van der Waals surface area contributed by atoms with Crippen LogP contribution in [-0.2, 0) is 20.9 Å². The molecular weight excluding hydrogens is 421 g/mol. The molecule has 0 radical (unpaired) electrons. The number of carbonyl (C=O) groups is 3. The molecule has 1 N–H and O–H groups in total. The number of carbonyl (C=O) groups excluding carboxylic acids is 3. The van der Waals surface area contributed by atoms with Crippen LogP contribution in [0.5, 0.6) is 0 Å². The maximum absolute atomic E-state index is 13.4. The molecular formula is C26H36FN3O3. The van der Waals surface area contributed by atoms with Gasteiger partial charge in [-0.05, 0) is 57.7 Å². The average molecular weight is 458 g/mol. The predicted molar refractivity (Wildman–Crippen MR) is 125 cm³/mol. The van der Waals surface area contributed by atoms with Crippen molar-refractivity contribution >= 4 is 17.7 Å². The van der Waals surface area contributed by atoms with E-state index in [0.29, 0.717) is 24.4 Å². The van der Waals surface area contributed by atoms with Crippen molar-refractivity contribution in [3.8, 4) is 0 Å². The molecule has 1 saturated carbocycles. The Kier molecular flexibility index (Phi) is 8.64. The summed E-state index contributed by atoms with van der Waals surface area (Å²) in [4.78, 5) is 42.8. The third-order valence-corrected chi connectivity index (χ3v) is 6.87. The molecule has 180 valence electrons. The van der Waals surface area contributed by atoms with Crippen molar-refractivity contribution in [2.24, 2.45) is 5.92 Å². The first-order valence-corrected chi connectivity index (χ1v) is 12.2. The molecule has 1 fully saturated rings. The van der Waals surface area contributed by atoms with Crippen molar-refractivity contribution in [2.75, 3.05) is 13.1 Å². The second-order valence-electron chi connectivity index (χ2n) is 9.10. The number of rotatable bonds is 8. The summed E-state index contributed by atoms with van der Waals surface area (Å²) in [6.07, 6.45) is 5.71. The molecule has 1 aliphatic carbocycles. The fourth-order valence-corrected chi connectivity index (χ4v) is 4.86. The Morgan fingerprint density at radius 1 is 1.09 bits per heavy atom. The number of hydrogen-bond acceptors (Lipinski definition) is 3. The highest BCUT2D eigenvalue weighted by Gasteiger charge is 2.37. The van der Waals surface area contributed by atoms with Gasteiger partial charge in [-0.3, -0.25) is 14.4 Å². The van der Waals surface area contributed by atoms with Crippen LogP contribution in [0.25, 0.3) is 0 Å². The van der Waals surface area contributed by atoms with Crippen LogP contribution in [0.1, 0.15) is 71.3 Å². The highest BCUT2D eigenvalue weighted by atomic mass is 19.1. The Balaban J connectivity index is 1.83. The van der Waals surface area contributed by atoms with Crippen molar-refractivity contribution < 1.29 is 18.8 Å². The van der Waals surface area contributed by atoms with E-state index in [1.165, 1.54) is 18.6 Å². The maximum Gasteiger partial charge on any atom is 0.251 e. The Bertz CT molecular complexity index is 887. The lowest BCUT2D eigenvalue weighted by molar-refractivity contribution is -0.139. The number of likely N-dealkylation sites (N-methyl/N-ethyl adjacent to an activating group) is 1. The predicted octanol–water partition coefficient (Wildman–Crippen LogP) is 4.16. The largest absolute Gasteiger partial charge is 0.353 e. The lowest BCUT2D eigenvalue weighted by Gasteiger charge is -2.36. The smallest absolute Gasteiger partial charge is 0.251 e. The van der Waals surface area contributed by atoms with Crippen molar-refractivity contribution in [3.63, 3.8) is 0 Å². The van der Waals surface area contributed by atoms with Gasteiger partial charge in [-0.15, -0.1) is 0 Å². The molecule has 0 spiro atoms. The monoisotopic (exact) mass is 457 g/mol. The van der Waals surface area contributed by atoms with Gasteiger partial charge in [-0.25, -0.2) is 4.39 Å². The average Bonchev–Trinajstić information content (AvgIpc) is 2.81. The molecule has 1 aromatic carbocycles. The summed E-state index contributed by atoms with van der Waals surface area (Å²) in [5.74, 6) is -1.31. The summed E-state index contributed by atoms with van der Waals surface area (Å²) in [7, 11) is 0. The molecule has 0 aromatic heterocycles. The van der Waals surface area contributed by atoms with E-state index < -0.39 is 5.92 Å². The van der Waals surface area contributed by atoms with Gasteiger partial charge in [0, 0.05) is 36.8 Å². The van der Waals surface area contributed by atoms with Gasteiger partial charge >= 0.3 is 0 Å². The van der Waals surface area contributed by atoms with E-state index in [-0.39, 0.29) is 49.0 Å². The first-order chi connectivity index (χ1) is 15.8. The summed E-state index contributed by atoms with van der Waals surface area (Å²) in [5.41, 5.74) is 1.96. The molecule has 0 saturated heterocycles. The van der Waals surface area contributed by atoms with Crippen molar-refractivity contribution in [1.29, 1.82) is 0 Å². The van der Waals surface area contributed by atoms with Crippen molar-refractivity contribution in [2.45, 2.75) is 78.3 Å². The normalized spacial score (nSPS) is 19.6. The fraction of sp³-hybridized carbons (Fsp3) is 0.577. The van der Waals surface area contributed by atoms with Gasteiger partial charge in [0.25, 0.3) is 5.91 Å². The van der Waals surface area contributed by atoms with Crippen LogP contribution in [-0.4, -0.2) is 46.7 Å². The highest BCUT2D eigenvalue weighted by molar-refractivity contribution is 5.98. The SMILES string of the molecule is CCN(CC)C(=O)C1=C(C)N(Cc2ccc(F)cc2)C(=O)C(CC(=O)NC2CCCCC2)C1. The van der Waals surface area contributed by atoms with E-state index in [1.54, 1.807) is 28.9 Å². The first kappa shape index (κ1) is 24.9. The minimum Gasteiger partial charge on any atom is -0.353 e. The van der Waals surface area contributed by atoms with Crippen LogP contribution >= 0.6 is 0 Å². The van der Waals surface area contributed by atoms with Gasteiger partial charge in [-0.1, -0.05) is 31.4 Å². The zero-order chi connectivity index (χ0) is 24.0. The molecule has 7 heteroatoms.